The summed E-state index contributed by atoms with van der Waals surface area (Å²) in [5, 5.41) is 4.34. The predicted octanol–water partition coefficient (Wildman–Crippen LogP) is 2.04. The maximum atomic E-state index is 5.97. The Morgan fingerprint density at radius 1 is 1.38 bits per heavy atom. The topological polar surface area (TPSA) is 56.3 Å². The number of rotatable bonds is 7. The largest absolute Gasteiger partial charge is 0.496 e. The van der Waals surface area contributed by atoms with Crippen molar-refractivity contribution in [1.82, 2.24) is 14.7 Å². The summed E-state index contributed by atoms with van der Waals surface area (Å²) in [4.78, 5) is 2.23. The lowest BCUT2D eigenvalue weighted by Gasteiger charge is -2.26. The second-order valence-electron chi connectivity index (χ2n) is 5.11. The van der Waals surface area contributed by atoms with E-state index in [-0.39, 0.29) is 6.04 Å². The van der Waals surface area contributed by atoms with Crippen molar-refractivity contribution in [3.8, 4) is 5.75 Å². The molecule has 114 valence electrons. The zero-order valence-electron chi connectivity index (χ0n) is 13.0. The minimum atomic E-state index is 0.148. The SMILES string of the molecule is CCn1cc(C(CN)N(C)Cc2ccccc2OC)cn1. The van der Waals surface area contributed by atoms with Crippen molar-refractivity contribution in [3.05, 3.63) is 47.8 Å². The molecule has 1 aromatic carbocycles. The van der Waals surface area contributed by atoms with Gasteiger partial charge in [0.25, 0.3) is 0 Å². The van der Waals surface area contributed by atoms with Crippen molar-refractivity contribution >= 4 is 0 Å². The van der Waals surface area contributed by atoms with Crippen LogP contribution in [-0.4, -0.2) is 35.4 Å². The minimum absolute atomic E-state index is 0.148. The molecule has 0 saturated carbocycles. The van der Waals surface area contributed by atoms with E-state index >= 15 is 0 Å². The van der Waals surface area contributed by atoms with Crippen LogP contribution in [0.3, 0.4) is 0 Å². The summed E-state index contributed by atoms with van der Waals surface area (Å²) in [6.45, 7) is 4.28. The normalized spacial score (nSPS) is 12.6. The molecule has 1 heterocycles. The highest BCUT2D eigenvalue weighted by Gasteiger charge is 2.18. The van der Waals surface area contributed by atoms with Gasteiger partial charge in [-0.05, 0) is 20.0 Å². The van der Waals surface area contributed by atoms with E-state index in [1.54, 1.807) is 7.11 Å². The molecule has 1 unspecified atom stereocenters. The molecule has 5 nitrogen and oxygen atoms in total. The smallest absolute Gasteiger partial charge is 0.123 e. The molecule has 2 aromatic rings. The summed E-state index contributed by atoms with van der Waals surface area (Å²) in [6.07, 6.45) is 3.97. The first-order valence-electron chi connectivity index (χ1n) is 7.24. The molecule has 1 aromatic heterocycles. The van der Waals surface area contributed by atoms with Crippen LogP contribution in [-0.2, 0) is 13.1 Å². The summed E-state index contributed by atoms with van der Waals surface area (Å²) >= 11 is 0. The van der Waals surface area contributed by atoms with E-state index in [1.165, 1.54) is 0 Å². The lowest BCUT2D eigenvalue weighted by molar-refractivity contribution is 0.238. The van der Waals surface area contributed by atoms with E-state index in [0.717, 1.165) is 30.0 Å². The molecule has 2 N–H and O–H groups in total. The van der Waals surface area contributed by atoms with Gasteiger partial charge in [-0.2, -0.15) is 5.10 Å². The van der Waals surface area contributed by atoms with Gasteiger partial charge in [0.15, 0.2) is 0 Å². The Hall–Kier alpha value is -1.85. The third-order valence-corrected chi connectivity index (χ3v) is 3.73. The van der Waals surface area contributed by atoms with Crippen molar-refractivity contribution in [3.63, 3.8) is 0 Å². The number of benzene rings is 1. The Balaban J connectivity index is 2.14. The Kier molecular flexibility index (Phi) is 5.36. The molecule has 0 aliphatic rings. The average Bonchev–Trinajstić information content (AvgIpc) is 2.97. The van der Waals surface area contributed by atoms with Crippen LogP contribution in [0, 0.1) is 0 Å². The molecule has 21 heavy (non-hydrogen) atoms. The molecule has 1 atom stereocenters. The van der Waals surface area contributed by atoms with Crippen molar-refractivity contribution < 1.29 is 4.74 Å². The van der Waals surface area contributed by atoms with Gasteiger partial charge in [0, 0.05) is 37.0 Å². The molecule has 0 spiro atoms. The fraction of sp³-hybridized carbons (Fsp3) is 0.438. The van der Waals surface area contributed by atoms with E-state index in [9.17, 15) is 0 Å². The number of hydrogen-bond acceptors (Lipinski definition) is 4. The lowest BCUT2D eigenvalue weighted by Crippen LogP contribution is -2.30. The molecule has 0 bridgehead atoms. The Labute approximate surface area is 126 Å². The Morgan fingerprint density at radius 2 is 2.14 bits per heavy atom. The number of aryl methyl sites for hydroxylation is 1. The number of hydrogen-bond donors (Lipinski definition) is 1. The highest BCUT2D eigenvalue weighted by atomic mass is 16.5. The van der Waals surface area contributed by atoms with Gasteiger partial charge in [-0.3, -0.25) is 9.58 Å². The van der Waals surface area contributed by atoms with Crippen molar-refractivity contribution in [2.24, 2.45) is 5.73 Å². The molecule has 0 radical (unpaired) electrons. The van der Waals surface area contributed by atoms with Gasteiger partial charge in [0.2, 0.25) is 0 Å². The van der Waals surface area contributed by atoms with E-state index in [1.807, 2.05) is 29.1 Å². The maximum Gasteiger partial charge on any atom is 0.123 e. The van der Waals surface area contributed by atoms with E-state index in [0.29, 0.717) is 6.54 Å². The maximum absolute atomic E-state index is 5.97. The van der Waals surface area contributed by atoms with Crippen LogP contribution in [0.1, 0.15) is 24.1 Å². The summed E-state index contributed by atoms with van der Waals surface area (Å²) in [7, 11) is 3.78. The van der Waals surface area contributed by atoms with E-state index in [2.05, 4.69) is 36.2 Å². The first-order chi connectivity index (χ1) is 10.2. The molecule has 0 aliphatic heterocycles. The van der Waals surface area contributed by atoms with Crippen LogP contribution >= 0.6 is 0 Å². The van der Waals surface area contributed by atoms with Gasteiger partial charge in [0.1, 0.15) is 5.75 Å². The molecule has 2 rings (SSSR count). The van der Waals surface area contributed by atoms with Gasteiger partial charge >= 0.3 is 0 Å². The number of ether oxygens (including phenoxy) is 1. The molecular formula is C16H24N4O. The van der Waals surface area contributed by atoms with Gasteiger partial charge in [-0.15, -0.1) is 0 Å². The number of para-hydroxylation sites is 1. The standard InChI is InChI=1S/C16H24N4O/c1-4-20-12-14(10-18-20)15(9-17)19(2)11-13-7-5-6-8-16(13)21-3/h5-8,10,12,15H,4,9,11,17H2,1-3H3. The van der Waals surface area contributed by atoms with Crippen molar-refractivity contribution in [1.29, 1.82) is 0 Å². The average molecular weight is 288 g/mol. The minimum Gasteiger partial charge on any atom is -0.496 e. The van der Waals surface area contributed by atoms with Crippen LogP contribution in [0.15, 0.2) is 36.7 Å². The number of likely N-dealkylation sites (N-methyl/N-ethyl adjacent to an activating group) is 1. The summed E-state index contributed by atoms with van der Waals surface area (Å²) in [5.41, 5.74) is 8.28. The van der Waals surface area contributed by atoms with Crippen LogP contribution in [0.2, 0.25) is 0 Å². The lowest BCUT2D eigenvalue weighted by atomic mass is 10.1. The predicted molar refractivity (Wildman–Crippen MR) is 84.2 cm³/mol. The number of aromatic nitrogens is 2. The molecule has 0 saturated heterocycles. The first kappa shape index (κ1) is 15.5. The fourth-order valence-corrected chi connectivity index (χ4v) is 2.51. The quantitative estimate of drug-likeness (QED) is 0.847. The second-order valence-corrected chi connectivity index (χ2v) is 5.11. The highest BCUT2D eigenvalue weighted by Crippen LogP contribution is 2.24. The Morgan fingerprint density at radius 3 is 2.76 bits per heavy atom. The summed E-state index contributed by atoms with van der Waals surface area (Å²) < 4.78 is 7.34. The van der Waals surface area contributed by atoms with Crippen molar-refractivity contribution in [2.45, 2.75) is 26.1 Å². The first-order valence-corrected chi connectivity index (χ1v) is 7.24. The van der Waals surface area contributed by atoms with Gasteiger partial charge in [0.05, 0.1) is 19.3 Å². The fourth-order valence-electron chi connectivity index (χ4n) is 2.51. The van der Waals surface area contributed by atoms with Crippen molar-refractivity contribution in [2.75, 3.05) is 20.7 Å². The van der Waals surface area contributed by atoms with Gasteiger partial charge < -0.3 is 10.5 Å². The number of nitrogens with zero attached hydrogens (tertiary/aromatic N) is 3. The molecular weight excluding hydrogens is 264 g/mol. The van der Waals surface area contributed by atoms with Crippen LogP contribution in [0.25, 0.3) is 0 Å². The van der Waals surface area contributed by atoms with Crippen LogP contribution < -0.4 is 10.5 Å². The third-order valence-electron chi connectivity index (χ3n) is 3.73. The molecule has 0 fully saturated rings. The zero-order chi connectivity index (χ0) is 15.2. The summed E-state index contributed by atoms with van der Waals surface area (Å²) in [5.74, 6) is 0.907. The van der Waals surface area contributed by atoms with E-state index in [4.69, 9.17) is 10.5 Å². The highest BCUT2D eigenvalue weighted by molar-refractivity contribution is 5.33. The zero-order valence-corrected chi connectivity index (χ0v) is 13.0. The molecule has 0 aliphatic carbocycles. The third kappa shape index (κ3) is 3.62. The number of nitrogens with two attached hydrogens (primary N) is 1. The molecule has 5 heteroatoms. The van der Waals surface area contributed by atoms with E-state index < -0.39 is 0 Å². The Bertz CT molecular complexity index is 567. The van der Waals surface area contributed by atoms with Gasteiger partial charge in [-0.1, -0.05) is 18.2 Å². The molecule has 0 amide bonds. The van der Waals surface area contributed by atoms with Crippen LogP contribution in [0.4, 0.5) is 0 Å². The second kappa shape index (κ2) is 7.24. The summed E-state index contributed by atoms with van der Waals surface area (Å²) in [6, 6.07) is 8.22. The monoisotopic (exact) mass is 288 g/mol. The van der Waals surface area contributed by atoms with Gasteiger partial charge in [-0.25, -0.2) is 0 Å². The van der Waals surface area contributed by atoms with Crippen LogP contribution in [0.5, 0.6) is 5.75 Å². The number of methoxy groups -OCH3 is 1.